The standard InChI is InChI=1S/C4H4N2O4/c7-1-2(8)5-4(10)6-3(1)9/h2,8H,(H2,5,6,9,10)/i4+1,5+0,6+0. The fourth-order valence-corrected chi connectivity index (χ4v) is 0.515. The molecule has 6 nitrogen and oxygen atoms in total. The molecule has 0 aromatic heterocycles. The Morgan fingerprint density at radius 2 is 1.90 bits per heavy atom. The van der Waals surface area contributed by atoms with Crippen LogP contribution in [0, 0.1) is 0 Å². The fourth-order valence-electron chi connectivity index (χ4n) is 0.515. The second-order valence-electron chi connectivity index (χ2n) is 1.69. The van der Waals surface area contributed by atoms with E-state index in [0.29, 0.717) is 0 Å². The molecule has 3 N–H and O–H groups in total. The zero-order chi connectivity index (χ0) is 7.72. The lowest BCUT2D eigenvalue weighted by Crippen LogP contribution is -2.58. The number of aliphatic hydroxyl groups is 1. The largest absolute Gasteiger partial charge is 0.366 e. The van der Waals surface area contributed by atoms with Gasteiger partial charge in [-0.25, -0.2) is 4.79 Å². The number of hydrogen-bond donors (Lipinski definition) is 3. The summed E-state index contributed by atoms with van der Waals surface area (Å²) in [6.45, 7) is 0. The minimum absolute atomic E-state index is 0.864. The number of imide groups is 1. The quantitative estimate of drug-likeness (QED) is 0.264. The van der Waals surface area contributed by atoms with Crippen LogP contribution < -0.4 is 10.6 Å². The van der Waals surface area contributed by atoms with Gasteiger partial charge >= 0.3 is 6.03 Å². The van der Waals surface area contributed by atoms with E-state index in [9.17, 15) is 14.4 Å². The van der Waals surface area contributed by atoms with E-state index in [1.165, 1.54) is 0 Å². The Labute approximate surface area is 55.2 Å². The molecule has 0 spiro atoms. The first-order chi connectivity index (χ1) is 4.61. The topological polar surface area (TPSA) is 95.5 Å². The third-order valence-electron chi connectivity index (χ3n) is 0.967. The predicted molar refractivity (Wildman–Crippen MR) is 27.7 cm³/mol. The summed E-state index contributed by atoms with van der Waals surface area (Å²) in [4.78, 5) is 31.0. The minimum atomic E-state index is -1.69. The van der Waals surface area contributed by atoms with Gasteiger partial charge in [-0.3, -0.25) is 14.9 Å². The SMILES string of the molecule is O=C1[14NH][13C](=O)[14NH]C(O)C1=O. The Morgan fingerprint density at radius 1 is 1.30 bits per heavy atom. The second-order valence-corrected chi connectivity index (χ2v) is 1.69. The molecule has 1 rings (SSSR count). The van der Waals surface area contributed by atoms with Gasteiger partial charge in [0.25, 0.3) is 11.7 Å². The monoisotopic (exact) mass is 145 g/mol. The minimum Gasteiger partial charge on any atom is -0.366 e. The van der Waals surface area contributed by atoms with Crippen molar-refractivity contribution < 1.29 is 19.5 Å². The van der Waals surface area contributed by atoms with Crippen molar-refractivity contribution in [2.24, 2.45) is 0 Å². The van der Waals surface area contributed by atoms with Crippen LogP contribution >= 0.6 is 0 Å². The zero-order valence-corrected chi connectivity index (χ0v) is 4.75. The molecule has 6 heteroatoms. The number of nitrogens with one attached hydrogen (secondary N) is 2. The summed E-state index contributed by atoms with van der Waals surface area (Å²) in [6.07, 6.45) is -1.69. The number of hydrogen-bond acceptors (Lipinski definition) is 4. The number of Topliss-reactive ketones (excluding diaryl/α,β-unsaturated/α-hetero) is 1. The molecule has 10 heavy (non-hydrogen) atoms. The summed E-state index contributed by atoms with van der Waals surface area (Å²) >= 11 is 0. The molecule has 1 heterocycles. The lowest BCUT2D eigenvalue weighted by molar-refractivity contribution is -0.144. The molecule has 3 amide bonds. The van der Waals surface area contributed by atoms with Crippen LogP contribution in [0.4, 0.5) is 4.79 Å². The summed E-state index contributed by atoms with van der Waals surface area (Å²) in [5, 5.41) is 12.0. The molecular formula is C4H4N2O4. The van der Waals surface area contributed by atoms with Gasteiger partial charge in [-0.05, 0) is 0 Å². The van der Waals surface area contributed by atoms with Crippen molar-refractivity contribution in [1.82, 2.24) is 10.6 Å². The van der Waals surface area contributed by atoms with E-state index >= 15 is 0 Å². The molecule has 1 saturated heterocycles. The smallest absolute Gasteiger partial charge is 0.324 e. The van der Waals surface area contributed by atoms with Gasteiger partial charge in [0, 0.05) is 0 Å². The van der Waals surface area contributed by atoms with Gasteiger partial charge in [-0.1, -0.05) is 0 Å². The van der Waals surface area contributed by atoms with Crippen molar-refractivity contribution in [2.45, 2.75) is 6.23 Å². The normalized spacial score (nSPS) is 25.7. The lowest BCUT2D eigenvalue weighted by atomic mass is 10.3. The second kappa shape index (κ2) is 2.07. The van der Waals surface area contributed by atoms with Crippen LogP contribution in [0.25, 0.3) is 0 Å². The molecule has 0 saturated carbocycles. The first kappa shape index (κ1) is 6.69. The van der Waals surface area contributed by atoms with Crippen molar-refractivity contribution in [3.8, 4) is 0 Å². The third-order valence-corrected chi connectivity index (χ3v) is 0.967. The number of urea groups is 1. The van der Waals surface area contributed by atoms with Crippen molar-refractivity contribution in [1.29, 1.82) is 0 Å². The Bertz CT molecular complexity index is 211. The molecule has 0 aromatic rings. The maximum absolute atomic E-state index is 10.4. The average molecular weight is 145 g/mol. The number of aliphatic hydroxyl groups excluding tert-OH is 1. The van der Waals surface area contributed by atoms with Crippen molar-refractivity contribution in [3.63, 3.8) is 0 Å². The van der Waals surface area contributed by atoms with E-state index in [4.69, 9.17) is 5.11 Å². The number of ketones is 1. The van der Waals surface area contributed by atoms with Crippen molar-refractivity contribution in [3.05, 3.63) is 0 Å². The molecule has 1 atom stereocenters. The van der Waals surface area contributed by atoms with Crippen LogP contribution in [-0.4, -0.2) is 29.1 Å². The first-order valence-electron chi connectivity index (χ1n) is 2.45. The van der Waals surface area contributed by atoms with E-state index in [0.717, 1.165) is 0 Å². The molecule has 0 bridgehead atoms. The van der Waals surface area contributed by atoms with Crippen LogP contribution in [0.2, 0.25) is 0 Å². The maximum Gasteiger partial charge on any atom is 0.324 e. The van der Waals surface area contributed by atoms with Gasteiger partial charge in [-0.15, -0.1) is 0 Å². The van der Waals surface area contributed by atoms with Crippen LogP contribution in [0.1, 0.15) is 0 Å². The highest BCUT2D eigenvalue weighted by Gasteiger charge is 2.31. The van der Waals surface area contributed by atoms with Crippen LogP contribution in [0.15, 0.2) is 0 Å². The molecule has 1 unspecified atom stereocenters. The van der Waals surface area contributed by atoms with E-state index in [2.05, 4.69) is 0 Å². The number of carbonyl (C=O) groups excluding carboxylic acids is 3. The van der Waals surface area contributed by atoms with E-state index in [-0.39, 0.29) is 0 Å². The molecule has 1 fully saturated rings. The Balaban J connectivity index is 2.76. The molecular weight excluding hydrogens is 141 g/mol. The zero-order valence-electron chi connectivity index (χ0n) is 4.75. The molecule has 1 aliphatic rings. The Morgan fingerprint density at radius 3 is 2.40 bits per heavy atom. The molecule has 0 aliphatic carbocycles. The van der Waals surface area contributed by atoms with Gasteiger partial charge < -0.3 is 10.4 Å². The highest BCUT2D eigenvalue weighted by Crippen LogP contribution is 1.87. The Kier molecular flexibility index (Phi) is 1.38. The van der Waals surface area contributed by atoms with Crippen LogP contribution in [-0.2, 0) is 9.59 Å². The Hall–Kier alpha value is -1.43. The van der Waals surface area contributed by atoms with E-state index < -0.39 is 23.9 Å². The summed E-state index contributed by atoms with van der Waals surface area (Å²) < 4.78 is 0. The van der Waals surface area contributed by atoms with Crippen molar-refractivity contribution in [2.75, 3.05) is 0 Å². The molecule has 54 valence electrons. The molecule has 0 aromatic carbocycles. The van der Waals surface area contributed by atoms with Gasteiger partial charge in [0.05, 0.1) is 0 Å². The van der Waals surface area contributed by atoms with Crippen LogP contribution in [0.5, 0.6) is 0 Å². The molecule has 0 radical (unpaired) electrons. The fraction of sp³-hybridized carbons (Fsp3) is 0.250. The predicted octanol–water partition coefficient (Wildman–Crippen LogP) is -2.29. The van der Waals surface area contributed by atoms with Crippen LogP contribution in [0.3, 0.4) is 0 Å². The maximum atomic E-state index is 10.4. The third kappa shape index (κ3) is 0.960. The summed E-state index contributed by atoms with van der Waals surface area (Å²) in [7, 11) is 0. The van der Waals surface area contributed by atoms with E-state index in [1.54, 1.807) is 10.6 Å². The first-order valence-corrected chi connectivity index (χ1v) is 2.45. The number of rotatable bonds is 0. The van der Waals surface area contributed by atoms with Crippen molar-refractivity contribution >= 4 is 17.7 Å². The molecule has 1 aliphatic heterocycles. The summed E-state index contributed by atoms with van der Waals surface area (Å²) in [5.41, 5.74) is 0. The van der Waals surface area contributed by atoms with Gasteiger partial charge in [0.1, 0.15) is 0 Å². The number of amides is 3. The number of carbonyl (C=O) groups is 3. The summed E-state index contributed by atoms with van der Waals surface area (Å²) in [5.74, 6) is -2.14. The van der Waals surface area contributed by atoms with E-state index in [1.807, 2.05) is 0 Å². The van der Waals surface area contributed by atoms with Gasteiger partial charge in [-0.2, -0.15) is 0 Å². The average Bonchev–Trinajstić information content (AvgIpc) is 1.82. The lowest BCUT2D eigenvalue weighted by Gasteiger charge is -2.15. The highest BCUT2D eigenvalue weighted by molar-refractivity contribution is 6.42. The highest BCUT2D eigenvalue weighted by atomic mass is 16.3. The summed E-state index contributed by atoms with van der Waals surface area (Å²) in [6, 6.07) is -0.864. The van der Waals surface area contributed by atoms with Gasteiger partial charge in [0.15, 0.2) is 6.23 Å². The van der Waals surface area contributed by atoms with Gasteiger partial charge in [0.2, 0.25) is 0 Å².